The quantitative estimate of drug-likeness (QED) is 0.840. The molecule has 0 saturated carbocycles. The molecule has 27 heavy (non-hydrogen) atoms. The molecule has 1 unspecified atom stereocenters. The van der Waals surface area contributed by atoms with Gasteiger partial charge >= 0.3 is 0 Å². The van der Waals surface area contributed by atoms with Crippen molar-refractivity contribution in [1.82, 2.24) is 19.8 Å². The first-order valence-electron chi connectivity index (χ1n) is 9.54. The maximum absolute atomic E-state index is 13.5. The Morgan fingerprint density at radius 3 is 2.44 bits per heavy atom. The van der Waals surface area contributed by atoms with E-state index in [2.05, 4.69) is 9.97 Å². The van der Waals surface area contributed by atoms with Crippen LogP contribution < -0.4 is 0 Å². The smallest absolute Gasteiger partial charge is 0.257 e. The molecule has 0 N–H and O–H groups in total. The topological polar surface area (TPSA) is 66.4 Å². The first kappa shape index (κ1) is 17.6. The van der Waals surface area contributed by atoms with Crippen LogP contribution in [0.3, 0.4) is 0 Å². The lowest BCUT2D eigenvalue weighted by Gasteiger charge is -2.44. The van der Waals surface area contributed by atoms with Gasteiger partial charge in [0, 0.05) is 32.0 Å². The molecule has 1 aromatic heterocycles. The third-order valence-corrected chi connectivity index (χ3v) is 5.68. The van der Waals surface area contributed by atoms with Gasteiger partial charge in [0.1, 0.15) is 11.4 Å². The van der Waals surface area contributed by atoms with Crippen molar-refractivity contribution in [2.45, 2.75) is 44.7 Å². The van der Waals surface area contributed by atoms with Crippen molar-refractivity contribution in [1.29, 1.82) is 0 Å². The van der Waals surface area contributed by atoms with Crippen LogP contribution in [0.15, 0.2) is 42.7 Å². The molecule has 1 spiro atoms. The van der Waals surface area contributed by atoms with Crippen molar-refractivity contribution in [3.63, 3.8) is 0 Å². The van der Waals surface area contributed by atoms with Crippen LogP contribution in [0.4, 0.5) is 0 Å². The minimum Gasteiger partial charge on any atom is -0.336 e. The third kappa shape index (κ3) is 3.20. The minimum atomic E-state index is -0.713. The summed E-state index contributed by atoms with van der Waals surface area (Å²) < 4.78 is 0. The highest BCUT2D eigenvalue weighted by Gasteiger charge is 2.52. The Balaban J connectivity index is 1.59. The molecule has 3 heterocycles. The number of nitrogens with zero attached hydrogens (tertiary/aromatic N) is 4. The minimum absolute atomic E-state index is 0.0801. The van der Waals surface area contributed by atoms with Gasteiger partial charge in [-0.1, -0.05) is 30.3 Å². The number of amides is 2. The normalized spacial score (nSPS) is 22.5. The predicted octanol–water partition coefficient (Wildman–Crippen LogP) is 2.58. The SMILES string of the molecule is Cc1ncc(C(=O)N2CCCC23CCCN(Cc2ccccc2)C3=O)cn1. The van der Waals surface area contributed by atoms with E-state index >= 15 is 0 Å². The Hall–Kier alpha value is -2.76. The maximum Gasteiger partial charge on any atom is 0.257 e. The molecule has 0 bridgehead atoms. The molecular weight excluding hydrogens is 340 g/mol. The second-order valence-electron chi connectivity index (χ2n) is 7.43. The van der Waals surface area contributed by atoms with Gasteiger partial charge in [0.25, 0.3) is 5.91 Å². The van der Waals surface area contributed by atoms with Crippen molar-refractivity contribution in [3.05, 3.63) is 59.7 Å². The van der Waals surface area contributed by atoms with Crippen LogP contribution in [-0.4, -0.2) is 50.2 Å². The zero-order valence-corrected chi connectivity index (χ0v) is 15.6. The van der Waals surface area contributed by atoms with Crippen LogP contribution in [0.1, 0.15) is 47.4 Å². The lowest BCUT2D eigenvalue weighted by Crippen LogP contribution is -2.61. The molecule has 0 radical (unpaired) electrons. The molecule has 1 aromatic carbocycles. The molecule has 140 valence electrons. The summed E-state index contributed by atoms with van der Waals surface area (Å²) in [6.45, 7) is 3.73. The predicted molar refractivity (Wildman–Crippen MR) is 101 cm³/mol. The molecule has 4 rings (SSSR count). The van der Waals surface area contributed by atoms with Crippen LogP contribution in [0, 0.1) is 6.92 Å². The number of carbonyl (C=O) groups is 2. The fourth-order valence-corrected chi connectivity index (χ4v) is 4.34. The number of aromatic nitrogens is 2. The van der Waals surface area contributed by atoms with Gasteiger partial charge in [-0.15, -0.1) is 0 Å². The second kappa shape index (κ2) is 7.10. The zero-order valence-electron chi connectivity index (χ0n) is 15.6. The van der Waals surface area contributed by atoms with Gasteiger partial charge in [0.2, 0.25) is 5.91 Å². The number of carbonyl (C=O) groups excluding carboxylic acids is 2. The Morgan fingerprint density at radius 2 is 1.74 bits per heavy atom. The van der Waals surface area contributed by atoms with Gasteiger partial charge in [-0.3, -0.25) is 9.59 Å². The van der Waals surface area contributed by atoms with Crippen LogP contribution >= 0.6 is 0 Å². The summed E-state index contributed by atoms with van der Waals surface area (Å²) in [5.41, 5.74) is 0.857. The van der Waals surface area contributed by atoms with Gasteiger partial charge in [-0.25, -0.2) is 9.97 Å². The number of aryl methyl sites for hydroxylation is 1. The van der Waals surface area contributed by atoms with Gasteiger partial charge in [0.05, 0.1) is 5.56 Å². The van der Waals surface area contributed by atoms with Crippen molar-refractivity contribution in [2.24, 2.45) is 0 Å². The van der Waals surface area contributed by atoms with Gasteiger partial charge < -0.3 is 9.80 Å². The summed E-state index contributed by atoms with van der Waals surface area (Å²) in [5, 5.41) is 0. The van der Waals surface area contributed by atoms with Gasteiger partial charge in [0.15, 0.2) is 0 Å². The molecule has 2 amide bonds. The average Bonchev–Trinajstić information content (AvgIpc) is 3.11. The van der Waals surface area contributed by atoms with Crippen molar-refractivity contribution >= 4 is 11.8 Å². The molecule has 2 saturated heterocycles. The Kier molecular flexibility index (Phi) is 4.64. The summed E-state index contributed by atoms with van der Waals surface area (Å²) in [6.07, 6.45) is 6.35. The molecule has 2 aromatic rings. The summed E-state index contributed by atoms with van der Waals surface area (Å²) in [6, 6.07) is 10.0. The van der Waals surface area contributed by atoms with E-state index in [0.29, 0.717) is 24.5 Å². The maximum atomic E-state index is 13.5. The van der Waals surface area contributed by atoms with E-state index in [1.54, 1.807) is 24.2 Å². The summed E-state index contributed by atoms with van der Waals surface area (Å²) in [7, 11) is 0. The van der Waals surface area contributed by atoms with E-state index in [9.17, 15) is 9.59 Å². The van der Waals surface area contributed by atoms with Crippen LogP contribution in [-0.2, 0) is 11.3 Å². The summed E-state index contributed by atoms with van der Waals surface area (Å²) in [4.78, 5) is 38.5. The largest absolute Gasteiger partial charge is 0.336 e. The summed E-state index contributed by atoms with van der Waals surface area (Å²) in [5.74, 6) is 0.573. The molecular formula is C21H24N4O2. The van der Waals surface area contributed by atoms with E-state index < -0.39 is 5.54 Å². The van der Waals surface area contributed by atoms with E-state index in [0.717, 1.165) is 37.8 Å². The van der Waals surface area contributed by atoms with E-state index in [-0.39, 0.29) is 11.8 Å². The lowest BCUT2D eigenvalue weighted by atomic mass is 9.85. The Morgan fingerprint density at radius 1 is 1.07 bits per heavy atom. The van der Waals surface area contributed by atoms with E-state index in [1.165, 1.54) is 0 Å². The number of piperidine rings is 1. The molecule has 2 aliphatic rings. The number of benzene rings is 1. The second-order valence-corrected chi connectivity index (χ2v) is 7.43. The number of likely N-dealkylation sites (tertiary alicyclic amines) is 2. The highest BCUT2D eigenvalue weighted by atomic mass is 16.2. The lowest BCUT2D eigenvalue weighted by molar-refractivity contribution is -0.146. The van der Waals surface area contributed by atoms with Gasteiger partial charge in [-0.2, -0.15) is 0 Å². The molecule has 6 heteroatoms. The summed E-state index contributed by atoms with van der Waals surface area (Å²) >= 11 is 0. The first-order chi connectivity index (χ1) is 13.1. The number of rotatable bonds is 3. The van der Waals surface area contributed by atoms with Crippen LogP contribution in [0.25, 0.3) is 0 Å². The highest BCUT2D eigenvalue weighted by molar-refractivity contribution is 5.99. The van der Waals surface area contributed by atoms with E-state index in [1.807, 2.05) is 35.2 Å². The molecule has 2 aliphatic heterocycles. The van der Waals surface area contributed by atoms with Crippen LogP contribution in [0.5, 0.6) is 0 Å². The molecule has 1 atom stereocenters. The number of hydrogen-bond acceptors (Lipinski definition) is 4. The molecule has 6 nitrogen and oxygen atoms in total. The number of hydrogen-bond donors (Lipinski definition) is 0. The Labute approximate surface area is 159 Å². The zero-order chi connectivity index (χ0) is 18.9. The highest BCUT2D eigenvalue weighted by Crippen LogP contribution is 2.39. The molecule has 2 fully saturated rings. The first-order valence-corrected chi connectivity index (χ1v) is 9.54. The average molecular weight is 364 g/mol. The van der Waals surface area contributed by atoms with Crippen molar-refractivity contribution < 1.29 is 9.59 Å². The standard InChI is InChI=1S/C21H24N4O2/c1-16-22-13-18(14-23-16)19(26)25-12-6-10-21(25)9-5-11-24(20(21)27)15-17-7-3-2-4-8-17/h2-4,7-8,13-14H,5-6,9-12,15H2,1H3. The third-order valence-electron chi connectivity index (χ3n) is 5.68. The van der Waals surface area contributed by atoms with Crippen molar-refractivity contribution in [2.75, 3.05) is 13.1 Å². The fourth-order valence-electron chi connectivity index (χ4n) is 4.34. The van der Waals surface area contributed by atoms with Gasteiger partial charge in [-0.05, 0) is 38.2 Å². The fraction of sp³-hybridized carbons (Fsp3) is 0.429. The van der Waals surface area contributed by atoms with Crippen LogP contribution in [0.2, 0.25) is 0 Å². The monoisotopic (exact) mass is 364 g/mol. The van der Waals surface area contributed by atoms with Crippen molar-refractivity contribution in [3.8, 4) is 0 Å². The Bertz CT molecular complexity index is 837. The molecule has 0 aliphatic carbocycles. The van der Waals surface area contributed by atoms with E-state index in [4.69, 9.17) is 0 Å².